The van der Waals surface area contributed by atoms with Crippen LogP contribution >= 0.6 is 0 Å². The summed E-state index contributed by atoms with van der Waals surface area (Å²) in [6.07, 6.45) is 27.9. The van der Waals surface area contributed by atoms with E-state index >= 15 is 0 Å². The van der Waals surface area contributed by atoms with Crippen LogP contribution in [-0.2, 0) is 25.8 Å². The van der Waals surface area contributed by atoms with Gasteiger partial charge >= 0.3 is 25.8 Å². The predicted octanol–water partition coefficient (Wildman–Crippen LogP) is 8.61. The first-order chi connectivity index (χ1) is 17.7. The minimum Gasteiger partial charge on any atom is -0.396 e. The second kappa shape index (κ2) is 56.8. The van der Waals surface area contributed by atoms with Gasteiger partial charge < -0.3 is 48.1 Å². The standard InChI is InChI=1S/4C8H17O.Hf/c4*1-2-3-4-5-6-7-8-9;/h4*9H,1-8H2;/q4*-1;+4. The molecule has 0 aromatic carbocycles. The van der Waals surface area contributed by atoms with Gasteiger partial charge in [0.1, 0.15) is 0 Å². The molecule has 0 unspecified atom stereocenters. The molecule has 0 amide bonds. The maximum Gasteiger partial charge on any atom is 4.00 e. The summed E-state index contributed by atoms with van der Waals surface area (Å²) in [5, 5.41) is 33.6. The molecule has 0 saturated heterocycles. The van der Waals surface area contributed by atoms with Gasteiger partial charge in [0.2, 0.25) is 0 Å². The third-order valence-corrected chi connectivity index (χ3v) is 5.63. The van der Waals surface area contributed by atoms with Crippen LogP contribution in [0.4, 0.5) is 0 Å². The van der Waals surface area contributed by atoms with Gasteiger partial charge in [0.15, 0.2) is 0 Å². The van der Waals surface area contributed by atoms with E-state index in [1.165, 1.54) is 103 Å². The largest absolute Gasteiger partial charge is 4.00 e. The quantitative estimate of drug-likeness (QED) is 0.0464. The zero-order valence-corrected chi connectivity index (χ0v) is 28.5. The third kappa shape index (κ3) is 72.4. The van der Waals surface area contributed by atoms with E-state index in [-0.39, 0.29) is 25.8 Å². The fraction of sp³-hybridized carbons (Fsp3) is 0.875. The SMILES string of the molecule is [CH2-]CCCCCCCO.[CH2-]CCCCCCCO.[CH2-]CCCCCCCO.[CH2-]CCCCCCCO.[Hf+4]. The molecule has 0 rings (SSSR count). The van der Waals surface area contributed by atoms with Crippen LogP contribution in [-0.4, -0.2) is 46.9 Å². The maximum absolute atomic E-state index is 8.41. The summed E-state index contributed by atoms with van der Waals surface area (Å²) in [7, 11) is 0. The van der Waals surface area contributed by atoms with Crippen molar-refractivity contribution < 1.29 is 46.3 Å². The van der Waals surface area contributed by atoms with Crippen LogP contribution in [0.2, 0.25) is 0 Å². The molecule has 0 heterocycles. The molecule has 4 N–H and O–H groups in total. The second-order valence-electron chi connectivity index (χ2n) is 9.38. The Kier molecular flexibility index (Phi) is 72.9. The molecule has 0 atom stereocenters. The van der Waals surface area contributed by atoms with Crippen LogP contribution in [0.1, 0.15) is 154 Å². The number of rotatable bonds is 24. The Morgan fingerprint density at radius 2 is 0.378 bits per heavy atom. The maximum atomic E-state index is 8.41. The van der Waals surface area contributed by atoms with Gasteiger partial charge in [0, 0.05) is 26.4 Å². The molecule has 0 aromatic rings. The number of unbranched alkanes of at least 4 members (excludes halogenated alkanes) is 20. The normalized spacial score (nSPS) is 9.73. The monoisotopic (exact) mass is 696 g/mol. The first-order valence-electron chi connectivity index (χ1n) is 15.3. The Bertz CT molecular complexity index is 214. The molecule has 0 radical (unpaired) electrons. The van der Waals surface area contributed by atoms with Gasteiger partial charge in [-0.2, -0.15) is 25.7 Å². The summed E-state index contributed by atoms with van der Waals surface area (Å²) in [5.74, 6) is 0. The molecule has 0 aromatic heterocycles. The van der Waals surface area contributed by atoms with Crippen molar-refractivity contribution >= 4 is 0 Å². The second-order valence-corrected chi connectivity index (χ2v) is 9.38. The number of aliphatic hydroxyl groups is 4. The van der Waals surface area contributed by atoms with Crippen molar-refractivity contribution in [3.8, 4) is 0 Å². The minimum absolute atomic E-state index is 0. The summed E-state index contributed by atoms with van der Waals surface area (Å²) >= 11 is 0. The van der Waals surface area contributed by atoms with Gasteiger partial charge in [-0.1, -0.05) is 103 Å². The first-order valence-corrected chi connectivity index (χ1v) is 15.3. The molecule has 37 heavy (non-hydrogen) atoms. The van der Waals surface area contributed by atoms with Gasteiger partial charge in [0.25, 0.3) is 0 Å². The van der Waals surface area contributed by atoms with Crippen LogP contribution in [0.3, 0.4) is 0 Å². The van der Waals surface area contributed by atoms with E-state index in [1.807, 2.05) is 0 Å². The van der Waals surface area contributed by atoms with Crippen LogP contribution in [0, 0.1) is 27.7 Å². The molecule has 0 aliphatic carbocycles. The average Bonchev–Trinajstić information content (AvgIpc) is 2.90. The van der Waals surface area contributed by atoms with Crippen molar-refractivity contribution in [3.05, 3.63) is 27.7 Å². The number of hydrogen-bond acceptors (Lipinski definition) is 4. The zero-order valence-electron chi connectivity index (χ0n) is 24.9. The van der Waals surface area contributed by atoms with Crippen LogP contribution < -0.4 is 0 Å². The molecular weight excluding hydrogens is 627 g/mol. The summed E-state index contributed by atoms with van der Waals surface area (Å²) in [5.41, 5.74) is 0. The fourth-order valence-corrected chi connectivity index (χ4v) is 3.28. The third-order valence-electron chi connectivity index (χ3n) is 5.63. The van der Waals surface area contributed by atoms with E-state index in [0.29, 0.717) is 26.4 Å². The first kappa shape index (κ1) is 47.5. The Morgan fingerprint density at radius 1 is 0.243 bits per heavy atom. The van der Waals surface area contributed by atoms with E-state index in [4.69, 9.17) is 20.4 Å². The Morgan fingerprint density at radius 3 is 0.514 bits per heavy atom. The molecule has 0 fully saturated rings. The molecule has 0 spiro atoms. The summed E-state index contributed by atoms with van der Waals surface area (Å²) in [6.45, 7) is 16.4. The van der Waals surface area contributed by atoms with Crippen LogP contribution in [0.5, 0.6) is 0 Å². The van der Waals surface area contributed by atoms with Crippen molar-refractivity contribution in [1.82, 2.24) is 0 Å². The van der Waals surface area contributed by atoms with E-state index < -0.39 is 0 Å². The molecule has 5 heteroatoms. The summed E-state index contributed by atoms with van der Waals surface area (Å²) in [4.78, 5) is 0. The molecule has 0 saturated carbocycles. The zero-order chi connectivity index (χ0) is 27.8. The molecule has 0 aliphatic heterocycles. The van der Waals surface area contributed by atoms with E-state index in [1.54, 1.807) is 0 Å². The molecular formula is C32H68HfO4. The van der Waals surface area contributed by atoms with Crippen molar-refractivity contribution in [3.63, 3.8) is 0 Å². The Balaban J connectivity index is -0.000000122. The van der Waals surface area contributed by atoms with Gasteiger partial charge in [-0.05, 0) is 25.7 Å². The van der Waals surface area contributed by atoms with Gasteiger partial charge in [-0.15, -0.1) is 0 Å². The van der Waals surface area contributed by atoms with E-state index in [9.17, 15) is 0 Å². The topological polar surface area (TPSA) is 80.9 Å². The Hall–Kier alpha value is 0.710. The van der Waals surface area contributed by atoms with Gasteiger partial charge in [-0.25, -0.2) is 0 Å². The minimum atomic E-state index is 0. The Labute approximate surface area is 253 Å². The molecule has 224 valence electrons. The molecule has 0 bridgehead atoms. The van der Waals surface area contributed by atoms with Crippen molar-refractivity contribution in [2.45, 2.75) is 154 Å². The fourth-order valence-electron chi connectivity index (χ4n) is 3.28. The van der Waals surface area contributed by atoms with Gasteiger partial charge in [0.05, 0.1) is 0 Å². The van der Waals surface area contributed by atoms with Crippen molar-refractivity contribution in [1.29, 1.82) is 0 Å². The van der Waals surface area contributed by atoms with Crippen molar-refractivity contribution in [2.24, 2.45) is 0 Å². The average molecular weight is 695 g/mol. The van der Waals surface area contributed by atoms with Gasteiger partial charge in [-0.3, -0.25) is 0 Å². The molecule has 0 aliphatic rings. The predicted molar refractivity (Wildman–Crippen MR) is 161 cm³/mol. The van der Waals surface area contributed by atoms with E-state index in [2.05, 4.69) is 27.7 Å². The summed E-state index contributed by atoms with van der Waals surface area (Å²) < 4.78 is 0. The van der Waals surface area contributed by atoms with Crippen LogP contribution in [0.15, 0.2) is 0 Å². The summed E-state index contributed by atoms with van der Waals surface area (Å²) in [6, 6.07) is 0. The van der Waals surface area contributed by atoms with E-state index in [0.717, 1.165) is 51.4 Å². The van der Waals surface area contributed by atoms with Crippen LogP contribution in [0.25, 0.3) is 0 Å². The number of hydrogen-bond donors (Lipinski definition) is 4. The van der Waals surface area contributed by atoms with Crippen molar-refractivity contribution in [2.75, 3.05) is 26.4 Å². The number of aliphatic hydroxyl groups excluding tert-OH is 4. The smallest absolute Gasteiger partial charge is 0.396 e. The molecule has 4 nitrogen and oxygen atoms in total.